The predicted octanol–water partition coefficient (Wildman–Crippen LogP) is 5.83. The van der Waals surface area contributed by atoms with Gasteiger partial charge < -0.3 is 5.73 Å². The molecule has 0 saturated heterocycles. The Bertz CT molecular complexity index is 198. The van der Waals surface area contributed by atoms with Crippen molar-refractivity contribution in [1.29, 1.82) is 0 Å². The summed E-state index contributed by atoms with van der Waals surface area (Å²) in [4.78, 5) is 0. The van der Waals surface area contributed by atoms with E-state index < -0.39 is 13.1 Å². The Balaban J connectivity index is 0. The van der Waals surface area contributed by atoms with Crippen molar-refractivity contribution in [1.82, 2.24) is 0 Å². The molecule has 0 amide bonds. The van der Waals surface area contributed by atoms with Crippen molar-refractivity contribution in [2.75, 3.05) is 13.2 Å². The first kappa shape index (κ1) is 23.0. The van der Waals surface area contributed by atoms with Gasteiger partial charge in [-0.05, 0) is 30.7 Å². The molecule has 0 bridgehead atoms. The number of halogens is 3. The average Bonchev–Trinajstić information content (AvgIpc) is 2.39. The third kappa shape index (κ3) is 22.2. The van der Waals surface area contributed by atoms with Gasteiger partial charge in [-0.3, -0.25) is 0 Å². The van der Waals surface area contributed by atoms with E-state index in [-0.39, 0.29) is 0 Å². The molecule has 0 aliphatic rings. The van der Waals surface area contributed by atoms with Crippen LogP contribution in [0.1, 0.15) is 72.6 Å². The Labute approximate surface area is 129 Å². The lowest BCUT2D eigenvalue weighted by atomic mass is 9.93. The van der Waals surface area contributed by atoms with Gasteiger partial charge in [0.2, 0.25) is 0 Å². The molecule has 0 aromatic heterocycles. The highest BCUT2D eigenvalue weighted by Gasteiger charge is 2.05. The summed E-state index contributed by atoms with van der Waals surface area (Å²) in [6.45, 7) is 8.70. The lowest BCUT2D eigenvalue weighted by molar-refractivity contribution is 0.113. The molecule has 0 heterocycles. The summed E-state index contributed by atoms with van der Waals surface area (Å²) in [6.07, 6.45) is 6.81. The zero-order valence-electron chi connectivity index (χ0n) is 14.4. The Kier molecular flexibility index (Phi) is 17.7. The van der Waals surface area contributed by atoms with Gasteiger partial charge in [0, 0.05) is 0 Å². The highest BCUT2D eigenvalue weighted by atomic mass is 19.3. The van der Waals surface area contributed by atoms with Crippen LogP contribution in [0.5, 0.6) is 0 Å². The van der Waals surface area contributed by atoms with Gasteiger partial charge >= 0.3 is 0 Å². The van der Waals surface area contributed by atoms with Crippen LogP contribution < -0.4 is 5.73 Å². The SMILES string of the molecule is CC(C)CCCC(C)CCCC(C)CCN.FCC(F)F. The fourth-order valence-electron chi connectivity index (χ4n) is 2.26. The lowest BCUT2D eigenvalue weighted by Gasteiger charge is -2.14. The summed E-state index contributed by atoms with van der Waals surface area (Å²) in [5.74, 6) is 2.62. The van der Waals surface area contributed by atoms with Crippen molar-refractivity contribution in [3.05, 3.63) is 0 Å². The van der Waals surface area contributed by atoms with Gasteiger partial charge in [-0.25, -0.2) is 13.2 Å². The molecule has 21 heavy (non-hydrogen) atoms. The maximum absolute atomic E-state index is 10.4. The van der Waals surface area contributed by atoms with E-state index in [4.69, 9.17) is 5.73 Å². The van der Waals surface area contributed by atoms with Crippen LogP contribution in [0.4, 0.5) is 13.2 Å². The summed E-state index contributed by atoms with van der Waals surface area (Å²) in [7, 11) is 0. The van der Waals surface area contributed by atoms with Gasteiger partial charge in [0.25, 0.3) is 6.43 Å². The summed E-state index contributed by atoms with van der Waals surface area (Å²) in [6, 6.07) is 0. The monoisotopic (exact) mass is 311 g/mol. The molecule has 1 nitrogen and oxygen atoms in total. The number of alkyl halides is 3. The molecule has 130 valence electrons. The van der Waals surface area contributed by atoms with Crippen molar-refractivity contribution in [2.45, 2.75) is 79.1 Å². The highest BCUT2D eigenvalue weighted by Crippen LogP contribution is 2.19. The third-order valence-corrected chi connectivity index (χ3v) is 3.65. The standard InChI is InChI=1S/C15H33N.C2H3F3/c1-13(2)7-5-8-14(3)9-6-10-15(4)11-12-16;3-1-2(4)5/h13-15H,5-12,16H2,1-4H3;2H,1H2. The molecular weight excluding hydrogens is 275 g/mol. The van der Waals surface area contributed by atoms with Crippen LogP contribution in [0.3, 0.4) is 0 Å². The van der Waals surface area contributed by atoms with Gasteiger partial charge in [-0.2, -0.15) is 0 Å². The molecule has 0 aromatic rings. The number of nitrogens with two attached hydrogens (primary N) is 1. The molecule has 2 unspecified atom stereocenters. The second kappa shape index (κ2) is 16.1. The quantitative estimate of drug-likeness (QED) is 0.511. The maximum atomic E-state index is 10.4. The minimum absolute atomic E-state index is 0.827. The van der Waals surface area contributed by atoms with Gasteiger partial charge in [0.15, 0.2) is 6.67 Å². The van der Waals surface area contributed by atoms with Crippen LogP contribution in [0, 0.1) is 17.8 Å². The number of hydrogen-bond donors (Lipinski definition) is 1. The molecule has 0 radical (unpaired) electrons. The summed E-state index contributed by atoms with van der Waals surface area (Å²) in [5, 5.41) is 0. The molecule has 0 aliphatic carbocycles. The highest BCUT2D eigenvalue weighted by molar-refractivity contribution is 4.59. The molecule has 2 atom stereocenters. The molecule has 0 spiro atoms. The van der Waals surface area contributed by atoms with E-state index in [1.165, 1.54) is 44.9 Å². The first-order valence-corrected chi connectivity index (χ1v) is 8.37. The van der Waals surface area contributed by atoms with Crippen molar-refractivity contribution in [3.8, 4) is 0 Å². The zero-order valence-corrected chi connectivity index (χ0v) is 14.4. The Hall–Kier alpha value is -0.250. The first-order valence-electron chi connectivity index (χ1n) is 8.37. The van der Waals surface area contributed by atoms with E-state index in [0.29, 0.717) is 0 Å². The molecule has 0 fully saturated rings. The summed E-state index contributed by atoms with van der Waals surface area (Å²) in [5.41, 5.74) is 5.55. The van der Waals surface area contributed by atoms with Crippen LogP contribution >= 0.6 is 0 Å². The lowest BCUT2D eigenvalue weighted by Crippen LogP contribution is -2.06. The van der Waals surface area contributed by atoms with Crippen molar-refractivity contribution in [2.24, 2.45) is 23.5 Å². The van der Waals surface area contributed by atoms with E-state index >= 15 is 0 Å². The van der Waals surface area contributed by atoms with E-state index in [9.17, 15) is 13.2 Å². The normalized spacial score (nSPS) is 14.0. The molecule has 0 rings (SSSR count). The maximum Gasteiger partial charge on any atom is 0.266 e. The Morgan fingerprint density at radius 3 is 1.48 bits per heavy atom. The van der Waals surface area contributed by atoms with Gasteiger partial charge in [0.1, 0.15) is 0 Å². The predicted molar refractivity (Wildman–Crippen MR) is 86.5 cm³/mol. The first-order chi connectivity index (χ1) is 9.83. The van der Waals surface area contributed by atoms with Crippen molar-refractivity contribution < 1.29 is 13.2 Å². The largest absolute Gasteiger partial charge is 0.330 e. The average molecular weight is 311 g/mol. The van der Waals surface area contributed by atoms with Gasteiger partial charge in [-0.15, -0.1) is 0 Å². The van der Waals surface area contributed by atoms with Crippen LogP contribution in [0.15, 0.2) is 0 Å². The van der Waals surface area contributed by atoms with Gasteiger partial charge in [-0.1, -0.05) is 66.2 Å². The molecule has 0 saturated carbocycles. The van der Waals surface area contributed by atoms with Crippen molar-refractivity contribution >= 4 is 0 Å². The molecule has 0 aromatic carbocycles. The molecule has 4 heteroatoms. The van der Waals surface area contributed by atoms with Crippen molar-refractivity contribution in [3.63, 3.8) is 0 Å². The minimum atomic E-state index is -2.78. The van der Waals surface area contributed by atoms with Crippen LogP contribution in [0.25, 0.3) is 0 Å². The van der Waals surface area contributed by atoms with Crippen LogP contribution in [-0.4, -0.2) is 19.6 Å². The third-order valence-electron chi connectivity index (χ3n) is 3.65. The molecule has 2 N–H and O–H groups in total. The molecular formula is C17H36F3N. The van der Waals surface area contributed by atoms with E-state index in [1.807, 2.05) is 0 Å². The number of hydrogen-bond acceptors (Lipinski definition) is 1. The van der Waals surface area contributed by atoms with E-state index in [2.05, 4.69) is 27.7 Å². The molecule has 0 aliphatic heterocycles. The fraction of sp³-hybridized carbons (Fsp3) is 1.00. The second-order valence-corrected chi connectivity index (χ2v) is 6.59. The summed E-state index contributed by atoms with van der Waals surface area (Å²) >= 11 is 0. The summed E-state index contributed by atoms with van der Waals surface area (Å²) < 4.78 is 31.1. The number of rotatable bonds is 11. The Morgan fingerprint density at radius 1 is 0.762 bits per heavy atom. The smallest absolute Gasteiger partial charge is 0.266 e. The Morgan fingerprint density at radius 2 is 1.14 bits per heavy atom. The van der Waals surface area contributed by atoms with Crippen LogP contribution in [0.2, 0.25) is 0 Å². The minimum Gasteiger partial charge on any atom is -0.330 e. The topological polar surface area (TPSA) is 26.0 Å². The van der Waals surface area contributed by atoms with Gasteiger partial charge in [0.05, 0.1) is 0 Å². The second-order valence-electron chi connectivity index (χ2n) is 6.59. The fourth-order valence-corrected chi connectivity index (χ4v) is 2.26. The van der Waals surface area contributed by atoms with E-state index in [1.54, 1.807) is 0 Å². The van der Waals surface area contributed by atoms with E-state index in [0.717, 1.165) is 24.3 Å². The van der Waals surface area contributed by atoms with Crippen LogP contribution in [-0.2, 0) is 0 Å². The zero-order chi connectivity index (χ0) is 16.7.